The summed E-state index contributed by atoms with van der Waals surface area (Å²) >= 11 is 1.61. The van der Waals surface area contributed by atoms with Crippen molar-refractivity contribution in [2.45, 2.75) is 19.4 Å². The van der Waals surface area contributed by atoms with Gasteiger partial charge in [0.25, 0.3) is 0 Å². The van der Waals surface area contributed by atoms with Gasteiger partial charge in [0.2, 0.25) is 5.91 Å². The van der Waals surface area contributed by atoms with Gasteiger partial charge in [-0.15, -0.1) is 11.3 Å². The number of nitrogens with one attached hydrogen (secondary N) is 1. The molecule has 0 aliphatic rings. The smallest absolute Gasteiger partial charge is 0.226 e. The molecule has 1 amide bonds. The van der Waals surface area contributed by atoms with Crippen LogP contribution in [0.4, 0.5) is 0 Å². The predicted octanol–water partition coefficient (Wildman–Crippen LogP) is 4.50. The van der Waals surface area contributed by atoms with E-state index in [4.69, 9.17) is 0 Å². The largest absolute Gasteiger partial charge is 0.345 e. The first-order chi connectivity index (χ1) is 11.2. The van der Waals surface area contributed by atoms with Crippen molar-refractivity contribution in [1.29, 1.82) is 0 Å². The minimum Gasteiger partial charge on any atom is -0.345 e. The van der Waals surface area contributed by atoms with Crippen LogP contribution >= 0.6 is 11.3 Å². The Morgan fingerprint density at radius 1 is 1.00 bits per heavy atom. The van der Waals surface area contributed by atoms with Gasteiger partial charge in [-0.05, 0) is 35.1 Å². The van der Waals surface area contributed by atoms with E-state index in [1.165, 1.54) is 5.56 Å². The number of carbonyl (C=O) groups is 1. The maximum absolute atomic E-state index is 12.5. The zero-order valence-corrected chi connectivity index (χ0v) is 13.8. The molecule has 0 radical (unpaired) electrons. The Morgan fingerprint density at radius 2 is 1.74 bits per heavy atom. The van der Waals surface area contributed by atoms with E-state index in [1.54, 1.807) is 11.3 Å². The number of aryl methyl sites for hydroxylation is 1. The summed E-state index contributed by atoms with van der Waals surface area (Å²) in [5, 5.41) is 5.20. The van der Waals surface area contributed by atoms with Gasteiger partial charge in [-0.3, -0.25) is 4.79 Å². The zero-order valence-electron chi connectivity index (χ0n) is 13.0. The summed E-state index contributed by atoms with van der Waals surface area (Å²) in [5.41, 5.74) is 3.41. The molecule has 0 aliphatic heterocycles. The van der Waals surface area contributed by atoms with Gasteiger partial charge in [-0.2, -0.15) is 0 Å². The van der Waals surface area contributed by atoms with E-state index in [0.29, 0.717) is 6.42 Å². The topological polar surface area (TPSA) is 29.1 Å². The summed E-state index contributed by atoms with van der Waals surface area (Å²) in [7, 11) is 0. The molecule has 0 saturated carbocycles. The summed E-state index contributed by atoms with van der Waals surface area (Å²) < 4.78 is 0. The molecule has 0 unspecified atom stereocenters. The highest BCUT2D eigenvalue weighted by atomic mass is 32.1. The third-order valence-electron chi connectivity index (χ3n) is 3.85. The average molecular weight is 321 g/mol. The highest BCUT2D eigenvalue weighted by molar-refractivity contribution is 7.10. The van der Waals surface area contributed by atoms with E-state index >= 15 is 0 Å². The predicted molar refractivity (Wildman–Crippen MR) is 95.6 cm³/mol. The number of amides is 1. The SMILES string of the molecule is Cc1ccccc1[C@H](NC(=O)Cc1cccs1)c1ccccc1. The monoisotopic (exact) mass is 321 g/mol. The molecular formula is C20H19NOS. The normalized spacial score (nSPS) is 11.9. The number of benzene rings is 2. The van der Waals surface area contributed by atoms with Gasteiger partial charge in [0.1, 0.15) is 0 Å². The fraction of sp³-hybridized carbons (Fsp3) is 0.150. The lowest BCUT2D eigenvalue weighted by Crippen LogP contribution is -2.30. The van der Waals surface area contributed by atoms with Crippen molar-refractivity contribution in [1.82, 2.24) is 5.32 Å². The Labute approximate surface area is 140 Å². The Kier molecular flexibility index (Phi) is 4.89. The van der Waals surface area contributed by atoms with Crippen molar-refractivity contribution in [3.05, 3.63) is 93.7 Å². The minimum atomic E-state index is -0.120. The highest BCUT2D eigenvalue weighted by Crippen LogP contribution is 2.25. The fourth-order valence-electron chi connectivity index (χ4n) is 2.68. The summed E-state index contributed by atoms with van der Waals surface area (Å²) in [6.07, 6.45) is 0.423. The van der Waals surface area contributed by atoms with Gasteiger partial charge < -0.3 is 5.32 Å². The zero-order chi connectivity index (χ0) is 16.1. The highest BCUT2D eigenvalue weighted by Gasteiger charge is 2.18. The molecule has 1 atom stereocenters. The Bertz CT molecular complexity index is 765. The number of carbonyl (C=O) groups excluding carboxylic acids is 1. The maximum atomic E-state index is 12.5. The molecule has 2 aromatic carbocycles. The van der Waals surface area contributed by atoms with Crippen LogP contribution in [0, 0.1) is 6.92 Å². The van der Waals surface area contributed by atoms with Crippen molar-refractivity contribution in [3.8, 4) is 0 Å². The molecule has 3 aromatic rings. The van der Waals surface area contributed by atoms with E-state index in [9.17, 15) is 4.79 Å². The maximum Gasteiger partial charge on any atom is 0.226 e. The average Bonchev–Trinajstić information content (AvgIpc) is 3.07. The van der Waals surface area contributed by atoms with Crippen LogP contribution in [0.1, 0.15) is 27.6 Å². The molecule has 0 bridgehead atoms. The van der Waals surface area contributed by atoms with E-state index in [0.717, 1.165) is 16.0 Å². The second-order valence-corrected chi connectivity index (χ2v) is 6.56. The van der Waals surface area contributed by atoms with Crippen LogP contribution in [0.5, 0.6) is 0 Å². The van der Waals surface area contributed by atoms with Crippen LogP contribution in [0.15, 0.2) is 72.1 Å². The number of hydrogen-bond donors (Lipinski definition) is 1. The molecule has 1 aromatic heterocycles. The number of rotatable bonds is 5. The van der Waals surface area contributed by atoms with Crippen molar-refractivity contribution >= 4 is 17.2 Å². The van der Waals surface area contributed by atoms with Crippen molar-refractivity contribution in [3.63, 3.8) is 0 Å². The van der Waals surface area contributed by atoms with Gasteiger partial charge in [0, 0.05) is 4.88 Å². The molecule has 0 fully saturated rings. The molecule has 23 heavy (non-hydrogen) atoms. The molecular weight excluding hydrogens is 302 g/mol. The van der Waals surface area contributed by atoms with E-state index in [2.05, 4.69) is 36.5 Å². The Morgan fingerprint density at radius 3 is 2.43 bits per heavy atom. The lowest BCUT2D eigenvalue weighted by Gasteiger charge is -2.21. The standard InChI is InChI=1S/C20H19NOS/c1-15-8-5-6-12-18(15)20(16-9-3-2-4-10-16)21-19(22)14-17-11-7-13-23-17/h2-13,20H,14H2,1H3,(H,21,22)/t20-/m1/s1. The molecule has 0 spiro atoms. The number of hydrogen-bond acceptors (Lipinski definition) is 2. The second-order valence-electron chi connectivity index (χ2n) is 5.52. The molecule has 1 heterocycles. The summed E-state index contributed by atoms with van der Waals surface area (Å²) in [6, 6.07) is 22.2. The van der Waals surface area contributed by atoms with Gasteiger partial charge in [-0.25, -0.2) is 0 Å². The summed E-state index contributed by atoms with van der Waals surface area (Å²) in [5.74, 6) is 0.0459. The Balaban J connectivity index is 1.87. The van der Waals surface area contributed by atoms with Crippen LogP contribution in [0.2, 0.25) is 0 Å². The van der Waals surface area contributed by atoms with Crippen molar-refractivity contribution in [2.75, 3.05) is 0 Å². The molecule has 116 valence electrons. The van der Waals surface area contributed by atoms with E-state index in [-0.39, 0.29) is 11.9 Å². The van der Waals surface area contributed by atoms with Crippen molar-refractivity contribution < 1.29 is 4.79 Å². The second kappa shape index (κ2) is 7.25. The molecule has 1 N–H and O–H groups in total. The molecule has 0 saturated heterocycles. The summed E-state index contributed by atoms with van der Waals surface area (Å²) in [6.45, 7) is 2.08. The van der Waals surface area contributed by atoms with Gasteiger partial charge in [-0.1, -0.05) is 60.7 Å². The quantitative estimate of drug-likeness (QED) is 0.736. The first-order valence-corrected chi connectivity index (χ1v) is 8.54. The first kappa shape index (κ1) is 15.5. The van der Waals surface area contributed by atoms with Gasteiger partial charge in [0.15, 0.2) is 0 Å². The van der Waals surface area contributed by atoms with Crippen LogP contribution in [-0.2, 0) is 11.2 Å². The summed E-state index contributed by atoms with van der Waals surface area (Å²) in [4.78, 5) is 13.6. The van der Waals surface area contributed by atoms with Crippen LogP contribution < -0.4 is 5.32 Å². The molecule has 0 aliphatic carbocycles. The lowest BCUT2D eigenvalue weighted by atomic mass is 9.95. The number of thiophene rings is 1. The first-order valence-electron chi connectivity index (χ1n) is 7.66. The lowest BCUT2D eigenvalue weighted by molar-refractivity contribution is -0.120. The third kappa shape index (κ3) is 3.88. The van der Waals surface area contributed by atoms with Crippen molar-refractivity contribution in [2.24, 2.45) is 0 Å². The van der Waals surface area contributed by atoms with Crippen LogP contribution in [0.3, 0.4) is 0 Å². The molecule has 2 nitrogen and oxygen atoms in total. The third-order valence-corrected chi connectivity index (χ3v) is 4.73. The molecule has 3 rings (SSSR count). The Hall–Kier alpha value is -2.39. The van der Waals surface area contributed by atoms with Gasteiger partial charge in [0.05, 0.1) is 12.5 Å². The van der Waals surface area contributed by atoms with Crippen LogP contribution in [-0.4, -0.2) is 5.91 Å². The van der Waals surface area contributed by atoms with Gasteiger partial charge >= 0.3 is 0 Å². The minimum absolute atomic E-state index is 0.0459. The fourth-order valence-corrected chi connectivity index (χ4v) is 3.38. The van der Waals surface area contributed by atoms with Crippen LogP contribution in [0.25, 0.3) is 0 Å². The molecule has 3 heteroatoms. The van der Waals surface area contributed by atoms with E-state index in [1.807, 2.05) is 47.8 Å². The van der Waals surface area contributed by atoms with E-state index < -0.39 is 0 Å².